The van der Waals surface area contributed by atoms with Gasteiger partial charge in [0.2, 0.25) is 0 Å². The van der Waals surface area contributed by atoms with Gasteiger partial charge >= 0.3 is 6.18 Å². The average Bonchev–Trinajstić information content (AvgIpc) is 2.50. The lowest BCUT2D eigenvalue weighted by Crippen LogP contribution is -2.25. The number of hydrogen-bond donors (Lipinski definition) is 1. The third kappa shape index (κ3) is 2.11. The Hall–Kier alpha value is -1.12. The molecule has 1 aromatic rings. The van der Waals surface area contributed by atoms with Gasteiger partial charge in [-0.3, -0.25) is 0 Å². The Labute approximate surface area is 101 Å². The molecule has 1 unspecified atom stereocenters. The van der Waals surface area contributed by atoms with Gasteiger partial charge in [-0.2, -0.15) is 13.2 Å². The molecular weight excluding hydrogens is 271 g/mol. The Balaban J connectivity index is 2.49. The van der Waals surface area contributed by atoms with E-state index in [4.69, 9.17) is 5.90 Å². The van der Waals surface area contributed by atoms with Crippen molar-refractivity contribution in [3.8, 4) is 0 Å². The van der Waals surface area contributed by atoms with Gasteiger partial charge in [-0.15, -0.1) is 0 Å². The van der Waals surface area contributed by atoms with E-state index in [0.717, 1.165) is 6.07 Å². The molecule has 100 valence electrons. The van der Waals surface area contributed by atoms with Crippen LogP contribution in [0.1, 0.15) is 11.1 Å². The zero-order valence-electron chi connectivity index (χ0n) is 9.07. The summed E-state index contributed by atoms with van der Waals surface area (Å²) >= 11 is 0. The fraction of sp³-hybridized carbons (Fsp3) is 0.400. The van der Waals surface area contributed by atoms with Gasteiger partial charge in [0.25, 0.3) is 0 Å². The van der Waals surface area contributed by atoms with Crippen molar-refractivity contribution in [3.63, 3.8) is 0 Å². The number of alkyl halides is 3. The smallest absolute Gasteiger partial charge is 0.303 e. The largest absolute Gasteiger partial charge is 0.416 e. The van der Waals surface area contributed by atoms with Gasteiger partial charge in [-0.1, -0.05) is 6.07 Å². The molecule has 0 amide bonds. The zero-order chi connectivity index (χ0) is 13.6. The van der Waals surface area contributed by atoms with Crippen LogP contribution in [0.25, 0.3) is 0 Å². The molecule has 1 heterocycles. The second kappa shape index (κ2) is 4.22. The van der Waals surface area contributed by atoms with Crippen LogP contribution >= 0.6 is 0 Å². The van der Waals surface area contributed by atoms with Crippen molar-refractivity contribution < 1.29 is 26.4 Å². The van der Waals surface area contributed by atoms with Crippen molar-refractivity contribution in [3.05, 3.63) is 29.3 Å². The van der Waals surface area contributed by atoms with Crippen LogP contribution in [0.15, 0.2) is 23.1 Å². The van der Waals surface area contributed by atoms with Gasteiger partial charge < -0.3 is 4.84 Å². The molecule has 1 aliphatic rings. The van der Waals surface area contributed by atoms with Crippen LogP contribution in [-0.4, -0.2) is 20.3 Å². The number of nitrogens with two attached hydrogens (primary N) is 1. The monoisotopic (exact) mass is 281 g/mol. The molecule has 0 aliphatic carbocycles. The summed E-state index contributed by atoms with van der Waals surface area (Å²) in [4.78, 5) is 4.01. The minimum absolute atomic E-state index is 0.118. The number of hydrogen-bond acceptors (Lipinski definition) is 4. The predicted molar refractivity (Wildman–Crippen MR) is 56.3 cm³/mol. The van der Waals surface area contributed by atoms with E-state index in [1.807, 2.05) is 0 Å². The lowest BCUT2D eigenvalue weighted by atomic mass is 10.1. The highest BCUT2D eigenvalue weighted by Gasteiger charge is 2.40. The van der Waals surface area contributed by atoms with Gasteiger partial charge in [0.05, 0.1) is 22.3 Å². The van der Waals surface area contributed by atoms with Gasteiger partial charge in [-0.05, 0) is 24.1 Å². The van der Waals surface area contributed by atoms with Crippen molar-refractivity contribution in [1.29, 1.82) is 0 Å². The van der Waals surface area contributed by atoms with Crippen molar-refractivity contribution in [2.75, 3.05) is 6.61 Å². The van der Waals surface area contributed by atoms with E-state index in [-0.39, 0.29) is 17.9 Å². The Morgan fingerprint density at radius 3 is 2.61 bits per heavy atom. The molecule has 0 saturated heterocycles. The maximum atomic E-state index is 12.5. The molecule has 0 aromatic heterocycles. The minimum Gasteiger partial charge on any atom is -0.303 e. The Bertz CT molecular complexity index is 568. The molecule has 0 spiro atoms. The van der Waals surface area contributed by atoms with E-state index < -0.39 is 26.8 Å². The molecule has 1 atom stereocenters. The van der Waals surface area contributed by atoms with E-state index in [9.17, 15) is 21.6 Å². The lowest BCUT2D eigenvalue weighted by molar-refractivity contribution is -0.137. The lowest BCUT2D eigenvalue weighted by Gasteiger charge is -2.08. The molecule has 8 heteroatoms. The van der Waals surface area contributed by atoms with Crippen LogP contribution < -0.4 is 5.90 Å². The summed E-state index contributed by atoms with van der Waals surface area (Å²) in [6.45, 7) is -0.238. The summed E-state index contributed by atoms with van der Waals surface area (Å²) in [6.07, 6.45) is -4.44. The highest BCUT2D eigenvalue weighted by Crippen LogP contribution is 2.36. The first-order chi connectivity index (χ1) is 8.26. The predicted octanol–water partition coefficient (Wildman–Crippen LogP) is 1.29. The van der Waals surface area contributed by atoms with Crippen LogP contribution in [-0.2, 0) is 27.3 Å². The summed E-state index contributed by atoms with van der Waals surface area (Å²) in [5.41, 5.74) is -0.607. The first kappa shape index (κ1) is 13.3. The zero-order valence-corrected chi connectivity index (χ0v) is 9.88. The maximum absolute atomic E-state index is 12.5. The number of rotatable bonds is 2. The molecule has 2 rings (SSSR count). The van der Waals surface area contributed by atoms with Crippen LogP contribution in [0.4, 0.5) is 13.2 Å². The number of sulfone groups is 1. The first-order valence-electron chi connectivity index (χ1n) is 5.02. The standard InChI is InChI=1S/C10H10F3NO3S/c11-10(12,13)7-2-1-6-3-8(5-17-14)18(15,16)9(6)4-7/h1-2,4,8H,3,5,14H2. The van der Waals surface area contributed by atoms with E-state index in [1.54, 1.807) is 0 Å². The van der Waals surface area contributed by atoms with Crippen molar-refractivity contribution in [2.24, 2.45) is 5.90 Å². The number of benzene rings is 1. The molecular formula is C10H10F3NO3S. The molecule has 1 aliphatic heterocycles. The normalized spacial score (nSPS) is 21.9. The highest BCUT2D eigenvalue weighted by atomic mass is 32.2. The second-order valence-electron chi connectivity index (χ2n) is 4.02. The molecule has 0 saturated carbocycles. The summed E-state index contributed by atoms with van der Waals surface area (Å²) in [6, 6.07) is 2.73. The van der Waals surface area contributed by atoms with Gasteiger partial charge in [0.15, 0.2) is 9.84 Å². The Morgan fingerprint density at radius 1 is 1.39 bits per heavy atom. The molecule has 1 aromatic carbocycles. The average molecular weight is 281 g/mol. The SMILES string of the molecule is NOCC1Cc2ccc(C(F)(F)F)cc2S1(=O)=O. The topological polar surface area (TPSA) is 69.4 Å². The molecule has 2 N–H and O–H groups in total. The van der Waals surface area contributed by atoms with E-state index in [1.165, 1.54) is 6.07 Å². The summed E-state index contributed by atoms with van der Waals surface area (Å²) in [5, 5.41) is -0.916. The van der Waals surface area contributed by atoms with Gasteiger partial charge in [0.1, 0.15) is 0 Å². The second-order valence-corrected chi connectivity index (χ2v) is 6.22. The molecule has 0 radical (unpaired) electrons. The third-order valence-electron chi connectivity index (χ3n) is 2.87. The molecule has 0 fully saturated rings. The Morgan fingerprint density at radius 2 is 2.06 bits per heavy atom. The Kier molecular flexibility index (Phi) is 3.12. The van der Waals surface area contributed by atoms with Gasteiger partial charge in [0, 0.05) is 0 Å². The van der Waals surface area contributed by atoms with Crippen LogP contribution in [0, 0.1) is 0 Å². The molecule has 0 bridgehead atoms. The summed E-state index contributed by atoms with van der Waals surface area (Å²) in [7, 11) is -3.80. The van der Waals surface area contributed by atoms with E-state index >= 15 is 0 Å². The third-order valence-corrected chi connectivity index (χ3v) is 5.04. The van der Waals surface area contributed by atoms with Crippen molar-refractivity contribution in [1.82, 2.24) is 0 Å². The number of fused-ring (bicyclic) bond motifs is 1. The highest BCUT2D eigenvalue weighted by molar-refractivity contribution is 7.92. The quantitative estimate of drug-likeness (QED) is 0.829. The van der Waals surface area contributed by atoms with E-state index in [2.05, 4.69) is 4.84 Å². The summed E-state index contributed by atoms with van der Waals surface area (Å²) in [5.74, 6) is 4.82. The maximum Gasteiger partial charge on any atom is 0.416 e. The molecule has 4 nitrogen and oxygen atoms in total. The van der Waals surface area contributed by atoms with E-state index in [0.29, 0.717) is 11.6 Å². The minimum atomic E-state index is -4.56. The van der Waals surface area contributed by atoms with Crippen LogP contribution in [0.5, 0.6) is 0 Å². The summed E-state index contributed by atoms with van der Waals surface area (Å²) < 4.78 is 61.4. The van der Waals surface area contributed by atoms with Gasteiger partial charge in [-0.25, -0.2) is 14.3 Å². The molecule has 18 heavy (non-hydrogen) atoms. The first-order valence-corrected chi connectivity index (χ1v) is 6.57. The van der Waals surface area contributed by atoms with Crippen molar-refractivity contribution >= 4 is 9.84 Å². The van der Waals surface area contributed by atoms with Crippen LogP contribution in [0.2, 0.25) is 0 Å². The van der Waals surface area contributed by atoms with Crippen molar-refractivity contribution in [2.45, 2.75) is 22.7 Å². The number of halogens is 3. The fourth-order valence-electron chi connectivity index (χ4n) is 1.95. The van der Waals surface area contributed by atoms with Crippen LogP contribution in [0.3, 0.4) is 0 Å². The fourth-order valence-corrected chi connectivity index (χ4v) is 3.78.